The van der Waals surface area contributed by atoms with Gasteiger partial charge < -0.3 is 15.2 Å². The second-order valence-corrected chi connectivity index (χ2v) is 3.76. The van der Waals surface area contributed by atoms with E-state index in [0.717, 1.165) is 31.2 Å². The number of hydrogen-bond donors (Lipinski definition) is 2. The van der Waals surface area contributed by atoms with Crippen LogP contribution < -0.4 is 10.1 Å². The van der Waals surface area contributed by atoms with Gasteiger partial charge in [0.1, 0.15) is 5.75 Å². The van der Waals surface area contributed by atoms with E-state index in [0.29, 0.717) is 0 Å². The van der Waals surface area contributed by atoms with Gasteiger partial charge in [-0.1, -0.05) is 6.07 Å². The lowest BCUT2D eigenvalue weighted by atomic mass is 10.2. The van der Waals surface area contributed by atoms with Crippen LogP contribution in [0.1, 0.15) is 0 Å². The molecular formula is C11H16N2O2. The molecule has 1 saturated heterocycles. The molecule has 0 spiro atoms. The number of ether oxygens (including phenoxy) is 1. The Morgan fingerprint density at radius 1 is 1.53 bits per heavy atom. The average molecular weight is 208 g/mol. The van der Waals surface area contributed by atoms with Gasteiger partial charge in [0.15, 0.2) is 0 Å². The minimum absolute atomic E-state index is 0.142. The summed E-state index contributed by atoms with van der Waals surface area (Å²) in [6, 6.07) is 7.82. The van der Waals surface area contributed by atoms with Crippen LogP contribution in [0.25, 0.3) is 0 Å². The SMILES string of the molecule is COc1cccc(NCN2CC(O)C2)c1. The molecule has 4 heteroatoms. The molecule has 0 radical (unpaired) electrons. The molecule has 1 aliphatic heterocycles. The molecule has 0 aliphatic carbocycles. The van der Waals surface area contributed by atoms with Crippen molar-refractivity contribution in [2.45, 2.75) is 6.10 Å². The monoisotopic (exact) mass is 208 g/mol. The van der Waals surface area contributed by atoms with Crippen molar-refractivity contribution in [1.82, 2.24) is 4.90 Å². The maximum Gasteiger partial charge on any atom is 0.120 e. The lowest BCUT2D eigenvalue weighted by molar-refractivity contribution is 0.00712. The number of rotatable bonds is 4. The zero-order valence-electron chi connectivity index (χ0n) is 8.81. The molecule has 15 heavy (non-hydrogen) atoms. The van der Waals surface area contributed by atoms with Crippen molar-refractivity contribution >= 4 is 5.69 Å². The van der Waals surface area contributed by atoms with Crippen molar-refractivity contribution in [3.05, 3.63) is 24.3 Å². The molecule has 1 aromatic rings. The molecule has 82 valence electrons. The number of aliphatic hydroxyl groups excluding tert-OH is 1. The first-order chi connectivity index (χ1) is 7.28. The minimum atomic E-state index is -0.142. The van der Waals surface area contributed by atoms with Gasteiger partial charge in [0, 0.05) is 24.8 Å². The maximum absolute atomic E-state index is 9.11. The molecule has 1 fully saturated rings. The normalized spacial score (nSPS) is 17.2. The topological polar surface area (TPSA) is 44.7 Å². The lowest BCUT2D eigenvalue weighted by Gasteiger charge is -2.35. The highest BCUT2D eigenvalue weighted by Crippen LogP contribution is 2.17. The number of nitrogens with zero attached hydrogens (tertiary/aromatic N) is 1. The summed E-state index contributed by atoms with van der Waals surface area (Å²) in [4.78, 5) is 2.14. The molecule has 2 rings (SSSR count). The summed E-state index contributed by atoms with van der Waals surface area (Å²) in [5.41, 5.74) is 1.04. The summed E-state index contributed by atoms with van der Waals surface area (Å²) in [7, 11) is 1.66. The number of benzene rings is 1. The molecule has 2 N–H and O–H groups in total. The molecule has 0 bridgehead atoms. The number of likely N-dealkylation sites (tertiary alicyclic amines) is 1. The summed E-state index contributed by atoms with van der Waals surface area (Å²) in [5, 5.41) is 12.4. The third-order valence-corrected chi connectivity index (χ3v) is 2.51. The third kappa shape index (κ3) is 2.61. The maximum atomic E-state index is 9.11. The van der Waals surface area contributed by atoms with Crippen molar-refractivity contribution in [3.63, 3.8) is 0 Å². The van der Waals surface area contributed by atoms with Crippen LogP contribution in [0.3, 0.4) is 0 Å². The molecule has 0 saturated carbocycles. The van der Waals surface area contributed by atoms with Crippen molar-refractivity contribution in [2.24, 2.45) is 0 Å². The van der Waals surface area contributed by atoms with E-state index in [1.54, 1.807) is 7.11 Å². The summed E-state index contributed by atoms with van der Waals surface area (Å²) >= 11 is 0. The standard InChI is InChI=1S/C11H16N2O2/c1-15-11-4-2-3-9(5-11)12-8-13-6-10(14)7-13/h2-5,10,12,14H,6-8H2,1H3. The Morgan fingerprint density at radius 3 is 3.00 bits per heavy atom. The number of β-amino-alcohol motifs (C(OH)–C–C–N with tert-alkyl or cyclic N) is 1. The Balaban J connectivity index is 1.82. The molecule has 4 nitrogen and oxygen atoms in total. The van der Waals surface area contributed by atoms with Crippen LogP contribution in [0.15, 0.2) is 24.3 Å². The number of methoxy groups -OCH3 is 1. The van der Waals surface area contributed by atoms with Crippen molar-refractivity contribution in [2.75, 3.05) is 32.2 Å². The van der Waals surface area contributed by atoms with Crippen molar-refractivity contribution < 1.29 is 9.84 Å². The summed E-state index contributed by atoms with van der Waals surface area (Å²) < 4.78 is 5.13. The van der Waals surface area contributed by atoms with Crippen LogP contribution in [0.2, 0.25) is 0 Å². The Hall–Kier alpha value is -1.26. The Morgan fingerprint density at radius 2 is 2.33 bits per heavy atom. The van der Waals surface area contributed by atoms with Crippen molar-refractivity contribution in [1.29, 1.82) is 0 Å². The van der Waals surface area contributed by atoms with E-state index in [2.05, 4.69) is 10.2 Å². The van der Waals surface area contributed by atoms with E-state index >= 15 is 0 Å². The predicted octanol–water partition coefficient (Wildman–Crippen LogP) is 0.741. The van der Waals surface area contributed by atoms with Crippen LogP contribution >= 0.6 is 0 Å². The predicted molar refractivity (Wildman–Crippen MR) is 59.1 cm³/mol. The Kier molecular flexibility index (Phi) is 3.08. The highest BCUT2D eigenvalue weighted by molar-refractivity contribution is 5.47. The summed E-state index contributed by atoms with van der Waals surface area (Å²) in [6.07, 6.45) is -0.142. The van der Waals surface area contributed by atoms with Gasteiger partial charge in [-0.25, -0.2) is 0 Å². The fourth-order valence-corrected chi connectivity index (χ4v) is 1.61. The van der Waals surface area contributed by atoms with Crippen LogP contribution in [-0.4, -0.2) is 43.0 Å². The van der Waals surface area contributed by atoms with Crippen LogP contribution in [-0.2, 0) is 0 Å². The number of anilines is 1. The largest absolute Gasteiger partial charge is 0.497 e. The molecule has 0 amide bonds. The number of aliphatic hydroxyl groups is 1. The fraction of sp³-hybridized carbons (Fsp3) is 0.455. The van der Waals surface area contributed by atoms with E-state index in [9.17, 15) is 0 Å². The average Bonchev–Trinajstić information content (AvgIpc) is 2.23. The van der Waals surface area contributed by atoms with E-state index in [1.807, 2.05) is 24.3 Å². The Labute approximate surface area is 89.5 Å². The van der Waals surface area contributed by atoms with Crippen LogP contribution in [0.4, 0.5) is 5.69 Å². The first kappa shape index (κ1) is 10.3. The van der Waals surface area contributed by atoms with E-state index in [4.69, 9.17) is 9.84 Å². The second-order valence-electron chi connectivity index (χ2n) is 3.76. The van der Waals surface area contributed by atoms with Gasteiger partial charge in [0.05, 0.1) is 19.9 Å². The fourth-order valence-electron chi connectivity index (χ4n) is 1.61. The third-order valence-electron chi connectivity index (χ3n) is 2.51. The molecule has 0 atom stereocenters. The van der Waals surface area contributed by atoms with Gasteiger partial charge in [-0.3, -0.25) is 4.90 Å². The van der Waals surface area contributed by atoms with Gasteiger partial charge in [-0.2, -0.15) is 0 Å². The summed E-state index contributed by atoms with van der Waals surface area (Å²) in [6.45, 7) is 2.29. The molecule has 0 aromatic heterocycles. The first-order valence-electron chi connectivity index (χ1n) is 5.06. The Bertz CT molecular complexity index is 324. The van der Waals surface area contributed by atoms with Gasteiger partial charge in [-0.05, 0) is 12.1 Å². The highest BCUT2D eigenvalue weighted by atomic mass is 16.5. The quantitative estimate of drug-likeness (QED) is 0.766. The van der Waals surface area contributed by atoms with E-state index in [-0.39, 0.29) is 6.10 Å². The van der Waals surface area contributed by atoms with Gasteiger partial charge in [0.2, 0.25) is 0 Å². The second kappa shape index (κ2) is 4.51. The lowest BCUT2D eigenvalue weighted by Crippen LogP contribution is -2.52. The number of nitrogens with one attached hydrogen (secondary N) is 1. The van der Waals surface area contributed by atoms with E-state index in [1.165, 1.54) is 0 Å². The van der Waals surface area contributed by atoms with E-state index < -0.39 is 0 Å². The molecule has 0 unspecified atom stereocenters. The molecule has 1 heterocycles. The first-order valence-corrected chi connectivity index (χ1v) is 5.06. The smallest absolute Gasteiger partial charge is 0.120 e. The van der Waals surface area contributed by atoms with Gasteiger partial charge in [-0.15, -0.1) is 0 Å². The van der Waals surface area contributed by atoms with Gasteiger partial charge in [0.25, 0.3) is 0 Å². The minimum Gasteiger partial charge on any atom is -0.497 e. The van der Waals surface area contributed by atoms with Crippen LogP contribution in [0.5, 0.6) is 5.75 Å². The zero-order valence-corrected chi connectivity index (χ0v) is 8.81. The van der Waals surface area contributed by atoms with Crippen molar-refractivity contribution in [3.8, 4) is 5.75 Å². The molecule has 1 aliphatic rings. The summed E-state index contributed by atoms with van der Waals surface area (Å²) in [5.74, 6) is 0.851. The van der Waals surface area contributed by atoms with Gasteiger partial charge >= 0.3 is 0 Å². The molecule has 1 aromatic carbocycles. The highest BCUT2D eigenvalue weighted by Gasteiger charge is 2.23. The zero-order chi connectivity index (χ0) is 10.7. The molecular weight excluding hydrogens is 192 g/mol. The van der Waals surface area contributed by atoms with Crippen LogP contribution in [0, 0.1) is 0 Å². The number of hydrogen-bond acceptors (Lipinski definition) is 4.